The number of aromatic nitrogens is 5. The molecule has 1 aromatic carbocycles. The molecule has 4 aromatic rings. The van der Waals surface area contributed by atoms with Gasteiger partial charge in [-0.15, -0.1) is 0 Å². The fraction of sp³-hybridized carbons (Fsp3) is 0.143. The molecule has 0 amide bonds. The van der Waals surface area contributed by atoms with Crippen LogP contribution in [0.1, 0.15) is 5.56 Å². The monoisotopic (exact) mass is 370 g/mol. The summed E-state index contributed by atoms with van der Waals surface area (Å²) in [5, 5.41) is 0. The summed E-state index contributed by atoms with van der Waals surface area (Å²) in [7, 11) is 0. The highest BCUT2D eigenvalue weighted by atomic mass is 16.1. The van der Waals surface area contributed by atoms with Gasteiger partial charge in [0, 0.05) is 43.4 Å². The van der Waals surface area contributed by atoms with Crippen molar-refractivity contribution in [3.05, 3.63) is 89.4 Å². The largest absolute Gasteiger partial charge is 0.352 e. The van der Waals surface area contributed by atoms with Crippen LogP contribution in [0.15, 0.2) is 78.2 Å². The summed E-state index contributed by atoms with van der Waals surface area (Å²) in [6, 6.07) is 15.5. The molecule has 0 bridgehead atoms. The first kappa shape index (κ1) is 16.4. The Balaban J connectivity index is 1.62. The molecule has 0 N–H and O–H groups in total. The molecule has 1 aliphatic rings. The van der Waals surface area contributed by atoms with Crippen molar-refractivity contribution in [2.75, 3.05) is 11.4 Å². The zero-order chi connectivity index (χ0) is 18.9. The van der Waals surface area contributed by atoms with Crippen LogP contribution in [-0.4, -0.2) is 30.6 Å². The first-order chi connectivity index (χ1) is 13.8. The normalized spacial score (nSPS) is 12.5. The summed E-state index contributed by atoms with van der Waals surface area (Å²) in [6.07, 6.45) is 7.19. The maximum Gasteiger partial charge on any atom is 0.255 e. The van der Waals surface area contributed by atoms with E-state index in [1.54, 1.807) is 22.9 Å². The van der Waals surface area contributed by atoms with Gasteiger partial charge in [-0.25, -0.2) is 15.0 Å². The Morgan fingerprint density at radius 1 is 0.964 bits per heavy atom. The van der Waals surface area contributed by atoms with Gasteiger partial charge < -0.3 is 9.47 Å². The highest BCUT2D eigenvalue weighted by Crippen LogP contribution is 2.33. The Morgan fingerprint density at radius 2 is 1.82 bits per heavy atom. The van der Waals surface area contributed by atoms with E-state index in [0.717, 1.165) is 17.8 Å². The minimum atomic E-state index is -0.0842. The van der Waals surface area contributed by atoms with Gasteiger partial charge in [-0.05, 0) is 29.8 Å². The van der Waals surface area contributed by atoms with Crippen molar-refractivity contribution in [1.82, 2.24) is 24.1 Å². The topological polar surface area (TPSA) is 68.8 Å². The summed E-state index contributed by atoms with van der Waals surface area (Å²) in [5.41, 5.74) is 3.31. The van der Waals surface area contributed by atoms with Crippen molar-refractivity contribution in [3.63, 3.8) is 0 Å². The van der Waals surface area contributed by atoms with Gasteiger partial charge in [0.1, 0.15) is 6.33 Å². The predicted molar refractivity (Wildman–Crippen MR) is 107 cm³/mol. The van der Waals surface area contributed by atoms with Crippen molar-refractivity contribution in [2.45, 2.75) is 13.1 Å². The number of anilines is 2. The number of fused-ring (bicyclic) bond motifs is 2. The van der Waals surface area contributed by atoms with E-state index in [-0.39, 0.29) is 5.56 Å². The van der Waals surface area contributed by atoms with E-state index in [9.17, 15) is 4.79 Å². The highest BCUT2D eigenvalue weighted by molar-refractivity contribution is 5.67. The smallest absolute Gasteiger partial charge is 0.255 e. The van der Waals surface area contributed by atoms with E-state index >= 15 is 0 Å². The van der Waals surface area contributed by atoms with Crippen LogP contribution in [0.2, 0.25) is 0 Å². The van der Waals surface area contributed by atoms with Gasteiger partial charge in [0.15, 0.2) is 0 Å². The molecule has 0 fully saturated rings. The highest BCUT2D eigenvalue weighted by Gasteiger charge is 2.25. The average Bonchev–Trinajstić information content (AvgIpc) is 3.26. The molecule has 1 aliphatic heterocycles. The van der Waals surface area contributed by atoms with Crippen molar-refractivity contribution in [3.8, 4) is 11.4 Å². The number of rotatable bonds is 4. The van der Waals surface area contributed by atoms with E-state index < -0.39 is 0 Å². The number of benzene rings is 1. The van der Waals surface area contributed by atoms with Gasteiger partial charge in [0.2, 0.25) is 5.95 Å². The van der Waals surface area contributed by atoms with Gasteiger partial charge in [0.25, 0.3) is 5.56 Å². The summed E-state index contributed by atoms with van der Waals surface area (Å²) in [6.45, 7) is 2.00. The van der Waals surface area contributed by atoms with Crippen LogP contribution in [0.25, 0.3) is 11.4 Å². The van der Waals surface area contributed by atoms with E-state index in [1.807, 2.05) is 36.7 Å². The predicted octanol–water partition coefficient (Wildman–Crippen LogP) is 2.70. The Labute approximate surface area is 161 Å². The van der Waals surface area contributed by atoms with Crippen molar-refractivity contribution >= 4 is 11.6 Å². The molecule has 0 aliphatic carbocycles. The quantitative estimate of drug-likeness (QED) is 0.552. The van der Waals surface area contributed by atoms with E-state index in [1.165, 1.54) is 6.33 Å². The maximum atomic E-state index is 12.9. The zero-order valence-corrected chi connectivity index (χ0v) is 15.1. The molecule has 5 rings (SSSR count). The van der Waals surface area contributed by atoms with Crippen molar-refractivity contribution in [2.24, 2.45) is 0 Å². The van der Waals surface area contributed by atoms with E-state index in [2.05, 4.69) is 31.6 Å². The van der Waals surface area contributed by atoms with Crippen LogP contribution in [0, 0.1) is 0 Å². The summed E-state index contributed by atoms with van der Waals surface area (Å²) in [5.74, 6) is 0.645. The first-order valence-electron chi connectivity index (χ1n) is 9.14. The molecular formula is C21H18N6O. The molecule has 0 radical (unpaired) electrons. The van der Waals surface area contributed by atoms with E-state index in [4.69, 9.17) is 4.98 Å². The number of para-hydroxylation sites is 1. The van der Waals surface area contributed by atoms with Crippen LogP contribution in [0.4, 0.5) is 11.6 Å². The Morgan fingerprint density at radius 3 is 2.64 bits per heavy atom. The van der Waals surface area contributed by atoms with Gasteiger partial charge in [-0.1, -0.05) is 18.2 Å². The molecule has 4 heterocycles. The molecule has 0 saturated heterocycles. The first-order valence-corrected chi connectivity index (χ1v) is 9.14. The Hall–Kier alpha value is -3.74. The molecular weight excluding hydrogens is 352 g/mol. The van der Waals surface area contributed by atoms with Crippen molar-refractivity contribution < 1.29 is 0 Å². The standard InChI is InChI=1S/C21H18N6O/c28-20-13-18(17-7-8-22-15-23-17)24-21-26(12-11-25-9-3-4-10-25)19-6-2-1-5-16(19)14-27(20)21/h1-10,13,15H,11-12,14H2. The summed E-state index contributed by atoms with van der Waals surface area (Å²) in [4.78, 5) is 28.0. The molecule has 0 atom stereocenters. The van der Waals surface area contributed by atoms with Gasteiger partial charge in [0.05, 0.1) is 17.9 Å². The van der Waals surface area contributed by atoms with Gasteiger partial charge in [-0.3, -0.25) is 9.36 Å². The molecule has 0 unspecified atom stereocenters. The zero-order valence-electron chi connectivity index (χ0n) is 15.1. The third-order valence-electron chi connectivity index (χ3n) is 4.93. The molecule has 7 nitrogen and oxygen atoms in total. The van der Waals surface area contributed by atoms with Gasteiger partial charge in [-0.2, -0.15) is 0 Å². The second-order valence-electron chi connectivity index (χ2n) is 6.66. The lowest BCUT2D eigenvalue weighted by atomic mass is 10.1. The summed E-state index contributed by atoms with van der Waals surface area (Å²) < 4.78 is 3.84. The van der Waals surface area contributed by atoms with Crippen LogP contribution in [-0.2, 0) is 13.1 Å². The molecule has 28 heavy (non-hydrogen) atoms. The lowest BCUT2D eigenvalue weighted by Gasteiger charge is -2.33. The molecule has 0 spiro atoms. The third-order valence-corrected chi connectivity index (χ3v) is 4.93. The Kier molecular flexibility index (Phi) is 3.97. The fourth-order valence-corrected chi connectivity index (χ4v) is 3.56. The second-order valence-corrected chi connectivity index (χ2v) is 6.66. The number of hydrogen-bond donors (Lipinski definition) is 0. The number of nitrogens with zero attached hydrogens (tertiary/aromatic N) is 6. The third kappa shape index (κ3) is 2.87. The lowest BCUT2D eigenvalue weighted by molar-refractivity contribution is 0.642. The SMILES string of the molecule is O=c1cc(-c2ccncn2)nc2n1Cc1ccccc1N2CCn1cccc1. The number of hydrogen-bond acceptors (Lipinski definition) is 5. The van der Waals surface area contributed by atoms with Gasteiger partial charge >= 0.3 is 0 Å². The molecule has 0 saturated carbocycles. The average molecular weight is 370 g/mol. The molecule has 138 valence electrons. The minimum absolute atomic E-state index is 0.0842. The maximum absolute atomic E-state index is 12.9. The van der Waals surface area contributed by atoms with Crippen LogP contribution in [0.5, 0.6) is 0 Å². The van der Waals surface area contributed by atoms with Crippen LogP contribution >= 0.6 is 0 Å². The molecule has 7 heteroatoms. The molecule has 3 aromatic heterocycles. The van der Waals surface area contributed by atoms with Crippen LogP contribution < -0.4 is 10.5 Å². The minimum Gasteiger partial charge on any atom is -0.352 e. The van der Waals surface area contributed by atoms with E-state index in [0.29, 0.717) is 30.4 Å². The Bertz CT molecular complexity index is 1170. The fourth-order valence-electron chi connectivity index (χ4n) is 3.56. The van der Waals surface area contributed by atoms with Crippen LogP contribution in [0.3, 0.4) is 0 Å². The second kappa shape index (κ2) is 6.77. The lowest BCUT2D eigenvalue weighted by Crippen LogP contribution is -2.36. The van der Waals surface area contributed by atoms with Crippen molar-refractivity contribution in [1.29, 1.82) is 0 Å². The summed E-state index contributed by atoms with van der Waals surface area (Å²) >= 11 is 0.